The first-order chi connectivity index (χ1) is 14.9. The molecule has 5 rings (SSSR count). The minimum absolute atomic E-state index is 0.0709. The summed E-state index contributed by atoms with van der Waals surface area (Å²) in [6, 6.07) is 3.99. The van der Waals surface area contributed by atoms with Gasteiger partial charge in [0.1, 0.15) is 0 Å². The second-order valence-electron chi connectivity index (χ2n) is 13.1. The molecule has 4 saturated carbocycles. The van der Waals surface area contributed by atoms with Crippen LogP contribution in [0.2, 0.25) is 0 Å². The van der Waals surface area contributed by atoms with E-state index in [0.29, 0.717) is 5.78 Å². The number of fused-ring (bicyclic) bond motifs is 5. The Kier molecular flexibility index (Phi) is 4.57. The molecule has 0 aliphatic heterocycles. The van der Waals surface area contributed by atoms with Gasteiger partial charge in [-0.1, -0.05) is 47.6 Å². The van der Waals surface area contributed by atoms with E-state index in [-0.39, 0.29) is 38.6 Å². The second kappa shape index (κ2) is 6.56. The molecule has 4 fully saturated rings. The van der Waals surface area contributed by atoms with E-state index in [2.05, 4.69) is 52.6 Å². The van der Waals surface area contributed by atoms with E-state index in [1.807, 2.05) is 18.3 Å². The number of hydrogen-bond donors (Lipinski definition) is 1. The average Bonchev–Trinajstić information content (AvgIpc) is 2.95. The van der Waals surface area contributed by atoms with E-state index in [9.17, 15) is 9.90 Å². The number of carbonyl (C=O) groups is 1. The van der Waals surface area contributed by atoms with Crippen molar-refractivity contribution < 1.29 is 9.90 Å². The summed E-state index contributed by atoms with van der Waals surface area (Å²) in [6.45, 7) is 14.8. The Morgan fingerprint density at radius 2 is 1.62 bits per heavy atom. The molecule has 174 valence electrons. The average molecular weight is 436 g/mol. The lowest BCUT2D eigenvalue weighted by Crippen LogP contribution is -2.70. The Bertz CT molecular complexity index is 986. The van der Waals surface area contributed by atoms with E-state index >= 15 is 0 Å². The molecule has 0 radical (unpaired) electrons. The molecule has 32 heavy (non-hydrogen) atoms. The second-order valence-corrected chi connectivity index (χ2v) is 13.1. The lowest BCUT2D eigenvalue weighted by Gasteiger charge is -2.76. The van der Waals surface area contributed by atoms with E-state index in [4.69, 9.17) is 0 Å². The molecule has 0 amide bonds. The van der Waals surface area contributed by atoms with Crippen LogP contribution in [0.3, 0.4) is 0 Å². The molecule has 1 heterocycles. The Morgan fingerprint density at radius 3 is 2.31 bits per heavy atom. The number of aliphatic hydroxyl groups excluding tert-OH is 1. The Labute approximate surface area is 194 Å². The van der Waals surface area contributed by atoms with Gasteiger partial charge in [0.15, 0.2) is 5.78 Å². The first-order valence-corrected chi connectivity index (χ1v) is 12.7. The Balaban J connectivity index is 1.62. The molecule has 4 aliphatic rings. The molecule has 1 aromatic heterocycles. The van der Waals surface area contributed by atoms with Crippen LogP contribution in [0, 0.1) is 32.5 Å². The minimum atomic E-state index is -0.312. The lowest BCUT2D eigenvalue weighted by molar-refractivity contribution is -0.282. The number of aromatic nitrogens is 1. The molecular weight excluding hydrogens is 394 g/mol. The number of ketones is 1. The number of pyridine rings is 1. The zero-order valence-corrected chi connectivity index (χ0v) is 20.9. The standard InChI is InChI=1S/C29H41NO2/c1-24-11-13-28(5)27(4,26(24,3)10-9-22(31)18-24)14-12-25(2)23(32)21(17-29(25,28)6)16-20-8-7-15-30-19-20/h7-8,15-16,19,22,31H,9-14,17-18H2,1-6H3/b21-16+/t22-,24-,25+,26-,27+,28+,29+/m0/s1. The molecule has 1 aromatic rings. The number of carbonyl (C=O) groups excluding carboxylic acids is 1. The Morgan fingerprint density at radius 1 is 0.938 bits per heavy atom. The van der Waals surface area contributed by atoms with E-state index in [1.54, 1.807) is 6.20 Å². The first-order valence-electron chi connectivity index (χ1n) is 12.7. The highest BCUT2D eigenvalue weighted by Gasteiger charge is 2.77. The summed E-state index contributed by atoms with van der Waals surface area (Å²) in [6.07, 6.45) is 13.7. The van der Waals surface area contributed by atoms with E-state index in [0.717, 1.165) is 62.5 Å². The molecule has 0 aromatic carbocycles. The van der Waals surface area contributed by atoms with Gasteiger partial charge in [0.05, 0.1) is 6.10 Å². The number of allylic oxidation sites excluding steroid dienone is 1. The predicted molar refractivity (Wildman–Crippen MR) is 129 cm³/mol. The fourth-order valence-electron chi connectivity index (χ4n) is 9.51. The zero-order chi connectivity index (χ0) is 23.2. The summed E-state index contributed by atoms with van der Waals surface area (Å²) in [4.78, 5) is 18.2. The third-order valence-electron chi connectivity index (χ3n) is 12.5. The van der Waals surface area contributed by atoms with Crippen molar-refractivity contribution in [2.45, 2.75) is 99.0 Å². The van der Waals surface area contributed by atoms with Gasteiger partial charge in [-0.15, -0.1) is 0 Å². The van der Waals surface area contributed by atoms with Gasteiger partial charge in [-0.3, -0.25) is 9.78 Å². The van der Waals surface area contributed by atoms with Gasteiger partial charge in [-0.2, -0.15) is 0 Å². The van der Waals surface area contributed by atoms with Gasteiger partial charge in [0.2, 0.25) is 0 Å². The number of nitrogens with zero attached hydrogens (tertiary/aromatic N) is 1. The van der Waals surface area contributed by atoms with Crippen LogP contribution >= 0.6 is 0 Å². The molecule has 7 atom stereocenters. The maximum Gasteiger partial charge on any atom is 0.165 e. The quantitative estimate of drug-likeness (QED) is 0.505. The molecule has 0 spiro atoms. The maximum absolute atomic E-state index is 13.9. The highest BCUT2D eigenvalue weighted by Crippen LogP contribution is 2.82. The summed E-state index contributed by atoms with van der Waals surface area (Å²) in [5, 5.41) is 10.6. The largest absolute Gasteiger partial charge is 0.393 e. The highest BCUT2D eigenvalue weighted by atomic mass is 16.3. The highest BCUT2D eigenvalue weighted by molar-refractivity contribution is 6.06. The van der Waals surface area contributed by atoms with Gasteiger partial charge >= 0.3 is 0 Å². The van der Waals surface area contributed by atoms with E-state index < -0.39 is 0 Å². The van der Waals surface area contributed by atoms with E-state index in [1.165, 1.54) is 0 Å². The van der Waals surface area contributed by atoms with Crippen LogP contribution in [0.15, 0.2) is 30.1 Å². The third-order valence-corrected chi connectivity index (χ3v) is 12.5. The molecule has 0 bridgehead atoms. The van der Waals surface area contributed by atoms with Crippen molar-refractivity contribution in [1.82, 2.24) is 4.98 Å². The number of aliphatic hydroxyl groups is 1. The Hall–Kier alpha value is -1.48. The number of hydrogen-bond acceptors (Lipinski definition) is 3. The van der Waals surface area contributed by atoms with Crippen LogP contribution in [-0.2, 0) is 4.79 Å². The van der Waals surface area contributed by atoms with Crippen LogP contribution < -0.4 is 0 Å². The van der Waals surface area contributed by atoms with Crippen molar-refractivity contribution in [2.75, 3.05) is 0 Å². The van der Waals surface area contributed by atoms with Crippen LogP contribution in [0.1, 0.15) is 98.5 Å². The van der Waals surface area contributed by atoms with Crippen molar-refractivity contribution in [1.29, 1.82) is 0 Å². The molecule has 0 saturated heterocycles. The summed E-state index contributed by atoms with van der Waals surface area (Å²) < 4.78 is 0. The zero-order valence-electron chi connectivity index (χ0n) is 20.9. The van der Waals surface area contributed by atoms with Crippen molar-refractivity contribution >= 4 is 11.9 Å². The molecule has 3 nitrogen and oxygen atoms in total. The molecule has 0 unspecified atom stereocenters. The summed E-state index contributed by atoms with van der Waals surface area (Å²) >= 11 is 0. The van der Waals surface area contributed by atoms with Gasteiger partial charge in [0.25, 0.3) is 0 Å². The van der Waals surface area contributed by atoms with Crippen molar-refractivity contribution in [2.24, 2.45) is 32.5 Å². The minimum Gasteiger partial charge on any atom is -0.393 e. The number of Topliss-reactive ketones (excluding diaryl/α,β-unsaturated/α-hetero) is 1. The van der Waals surface area contributed by atoms with Crippen LogP contribution in [-0.4, -0.2) is 22.0 Å². The van der Waals surface area contributed by atoms with Crippen molar-refractivity contribution in [3.8, 4) is 0 Å². The predicted octanol–water partition coefficient (Wildman–Crippen LogP) is 6.61. The van der Waals surface area contributed by atoms with Gasteiger partial charge in [0, 0.05) is 17.8 Å². The van der Waals surface area contributed by atoms with Gasteiger partial charge in [-0.25, -0.2) is 0 Å². The summed E-state index contributed by atoms with van der Waals surface area (Å²) in [7, 11) is 0. The third kappa shape index (κ3) is 2.37. The number of rotatable bonds is 1. The SMILES string of the molecule is C[C@@]12CC[C@]3(C)[C@](C)(CC[C@]4(C)C(=O)/C(=C/c5cccnc5)C[C@@]34C)[C@@]1(C)CC[C@H](O)C2. The molecule has 1 N–H and O–H groups in total. The van der Waals surface area contributed by atoms with Gasteiger partial charge < -0.3 is 5.11 Å². The van der Waals surface area contributed by atoms with Crippen molar-refractivity contribution in [3.05, 3.63) is 35.7 Å². The molecule has 4 aliphatic carbocycles. The monoisotopic (exact) mass is 435 g/mol. The first kappa shape index (κ1) is 22.3. The smallest absolute Gasteiger partial charge is 0.165 e. The van der Waals surface area contributed by atoms with Crippen LogP contribution in [0.4, 0.5) is 0 Å². The fraction of sp³-hybridized carbons (Fsp3) is 0.724. The maximum atomic E-state index is 13.9. The van der Waals surface area contributed by atoms with Crippen LogP contribution in [0.25, 0.3) is 6.08 Å². The van der Waals surface area contributed by atoms with Crippen LogP contribution in [0.5, 0.6) is 0 Å². The summed E-state index contributed by atoms with van der Waals surface area (Å²) in [5.41, 5.74) is 2.20. The lowest BCUT2D eigenvalue weighted by atomic mass is 9.28. The topological polar surface area (TPSA) is 50.2 Å². The normalized spacial score (nSPS) is 51.8. The van der Waals surface area contributed by atoms with Gasteiger partial charge in [-0.05, 0) is 102 Å². The molecule has 3 heteroatoms. The molecular formula is C29H41NO2. The van der Waals surface area contributed by atoms with Crippen molar-refractivity contribution in [3.63, 3.8) is 0 Å². The fourth-order valence-corrected chi connectivity index (χ4v) is 9.51. The summed E-state index contributed by atoms with van der Waals surface area (Å²) in [5.74, 6) is 0.365.